The minimum atomic E-state index is -0.630. The van der Waals surface area contributed by atoms with Gasteiger partial charge in [-0.25, -0.2) is 4.39 Å². The van der Waals surface area contributed by atoms with Gasteiger partial charge in [0.05, 0.1) is 5.69 Å². The Balaban J connectivity index is 2.34. The summed E-state index contributed by atoms with van der Waals surface area (Å²) in [5, 5.41) is 2.42. The lowest BCUT2D eigenvalue weighted by Crippen LogP contribution is -2.22. The van der Waals surface area contributed by atoms with Crippen molar-refractivity contribution in [1.82, 2.24) is 4.98 Å². The van der Waals surface area contributed by atoms with E-state index in [1.54, 1.807) is 26.0 Å². The largest absolute Gasteiger partial charge is 0.364 e. The number of halogens is 1. The summed E-state index contributed by atoms with van der Waals surface area (Å²) < 4.78 is 13.6. The first-order chi connectivity index (χ1) is 8.99. The molecular formula is C14H13FN2O2. The molecule has 1 aromatic heterocycles. The van der Waals surface area contributed by atoms with E-state index in [2.05, 4.69) is 10.3 Å². The number of aromatic nitrogens is 1. The zero-order chi connectivity index (χ0) is 14.0. The van der Waals surface area contributed by atoms with Crippen LogP contribution in [0.2, 0.25) is 0 Å². The Hall–Kier alpha value is -2.43. The molecule has 2 N–H and O–H groups in total. The lowest BCUT2D eigenvalue weighted by atomic mass is 10.1. The fraction of sp³-hybridized carbons (Fsp3) is 0.143. The van der Waals surface area contributed by atoms with Gasteiger partial charge < -0.3 is 10.3 Å². The summed E-state index contributed by atoms with van der Waals surface area (Å²) in [6.07, 6.45) is 1.32. The first kappa shape index (κ1) is 13.0. The highest BCUT2D eigenvalue weighted by molar-refractivity contribution is 6.04. The smallest absolute Gasteiger partial charge is 0.261 e. The van der Waals surface area contributed by atoms with Crippen molar-refractivity contribution in [2.45, 2.75) is 13.8 Å². The van der Waals surface area contributed by atoms with E-state index in [1.807, 2.05) is 0 Å². The van der Waals surface area contributed by atoms with E-state index in [9.17, 15) is 14.0 Å². The van der Waals surface area contributed by atoms with Gasteiger partial charge in [-0.1, -0.05) is 12.1 Å². The van der Waals surface area contributed by atoms with Gasteiger partial charge in [0, 0.05) is 18.0 Å². The van der Waals surface area contributed by atoms with Gasteiger partial charge in [-0.2, -0.15) is 0 Å². The number of hydrogen-bond acceptors (Lipinski definition) is 2. The molecule has 0 radical (unpaired) electrons. The molecule has 0 unspecified atom stereocenters. The summed E-state index contributed by atoms with van der Waals surface area (Å²) in [5.74, 6) is -1.16. The van der Waals surface area contributed by atoms with Crippen LogP contribution in [0.3, 0.4) is 0 Å². The van der Waals surface area contributed by atoms with E-state index in [-0.39, 0.29) is 11.3 Å². The number of carbonyl (C=O) groups is 1. The molecule has 4 nitrogen and oxygen atoms in total. The van der Waals surface area contributed by atoms with E-state index >= 15 is 0 Å². The molecule has 1 heterocycles. The minimum absolute atomic E-state index is 0.0479. The summed E-state index contributed by atoms with van der Waals surface area (Å²) >= 11 is 0. The average Bonchev–Trinajstić information content (AvgIpc) is 2.33. The Morgan fingerprint density at radius 1 is 1.32 bits per heavy atom. The SMILES string of the molecule is Cc1cc(=O)c(C(=O)Nc2c(C)cccc2F)c[nH]1. The number of carbonyl (C=O) groups excluding carboxylic acids is 1. The lowest BCUT2D eigenvalue weighted by molar-refractivity contribution is 0.102. The number of H-pyrrole nitrogens is 1. The van der Waals surface area contributed by atoms with Crippen molar-refractivity contribution < 1.29 is 9.18 Å². The van der Waals surface area contributed by atoms with Gasteiger partial charge in [0.15, 0.2) is 5.43 Å². The molecular weight excluding hydrogens is 247 g/mol. The minimum Gasteiger partial charge on any atom is -0.364 e. The van der Waals surface area contributed by atoms with Gasteiger partial charge >= 0.3 is 0 Å². The molecule has 98 valence electrons. The van der Waals surface area contributed by atoms with Crippen LogP contribution in [0.5, 0.6) is 0 Å². The Labute approximate surface area is 109 Å². The standard InChI is InChI=1S/C14H13FN2O2/c1-8-4-3-5-11(15)13(8)17-14(19)10-7-16-9(2)6-12(10)18/h3-7H,1-2H3,(H,16,18)(H,17,19). The third-order valence-electron chi connectivity index (χ3n) is 2.76. The van der Waals surface area contributed by atoms with Gasteiger partial charge in [0.2, 0.25) is 0 Å². The van der Waals surface area contributed by atoms with Crippen molar-refractivity contribution in [2.24, 2.45) is 0 Å². The maximum absolute atomic E-state index is 13.6. The van der Waals surface area contributed by atoms with Gasteiger partial charge in [0.25, 0.3) is 5.91 Å². The number of anilines is 1. The van der Waals surface area contributed by atoms with Gasteiger partial charge in [-0.3, -0.25) is 9.59 Å². The van der Waals surface area contributed by atoms with Crippen LogP contribution in [0, 0.1) is 19.7 Å². The fourth-order valence-electron chi connectivity index (χ4n) is 1.72. The number of aryl methyl sites for hydroxylation is 2. The second kappa shape index (κ2) is 5.06. The number of amides is 1. The zero-order valence-electron chi connectivity index (χ0n) is 10.6. The van der Waals surface area contributed by atoms with Gasteiger partial charge in [-0.05, 0) is 25.5 Å². The molecule has 0 saturated heterocycles. The van der Waals surface area contributed by atoms with Crippen LogP contribution in [-0.2, 0) is 0 Å². The summed E-state index contributed by atoms with van der Waals surface area (Å²) in [6, 6.07) is 5.81. The molecule has 0 spiro atoms. The molecule has 2 aromatic rings. The quantitative estimate of drug-likeness (QED) is 0.870. The molecule has 1 amide bonds. The van der Waals surface area contributed by atoms with E-state index < -0.39 is 17.2 Å². The average molecular weight is 260 g/mol. The molecule has 1 aromatic carbocycles. The molecule has 0 aliphatic rings. The second-order valence-electron chi connectivity index (χ2n) is 4.28. The molecule has 0 fully saturated rings. The molecule has 0 saturated carbocycles. The Morgan fingerprint density at radius 3 is 2.68 bits per heavy atom. The Kier molecular flexibility index (Phi) is 3.46. The predicted octanol–water partition coefficient (Wildman–Crippen LogP) is 2.38. The molecule has 0 atom stereocenters. The third-order valence-corrected chi connectivity index (χ3v) is 2.76. The molecule has 0 aliphatic carbocycles. The van der Waals surface area contributed by atoms with Crippen molar-refractivity contribution in [2.75, 3.05) is 5.32 Å². The Morgan fingerprint density at radius 2 is 2.05 bits per heavy atom. The lowest BCUT2D eigenvalue weighted by Gasteiger charge is -2.09. The number of aromatic amines is 1. The summed E-state index contributed by atoms with van der Waals surface area (Å²) in [4.78, 5) is 26.4. The van der Waals surface area contributed by atoms with Crippen molar-refractivity contribution >= 4 is 11.6 Å². The molecule has 0 aliphatic heterocycles. The highest BCUT2D eigenvalue weighted by atomic mass is 19.1. The highest BCUT2D eigenvalue weighted by Crippen LogP contribution is 2.19. The summed E-state index contributed by atoms with van der Waals surface area (Å²) in [7, 11) is 0. The molecule has 2 rings (SSSR count). The maximum atomic E-state index is 13.6. The molecule has 5 heteroatoms. The number of rotatable bonds is 2. The van der Waals surface area contributed by atoms with Crippen LogP contribution in [-0.4, -0.2) is 10.9 Å². The second-order valence-corrected chi connectivity index (χ2v) is 4.28. The van der Waals surface area contributed by atoms with Gasteiger partial charge in [-0.15, -0.1) is 0 Å². The van der Waals surface area contributed by atoms with Crippen LogP contribution in [0.1, 0.15) is 21.6 Å². The van der Waals surface area contributed by atoms with E-state index in [1.165, 1.54) is 18.3 Å². The van der Waals surface area contributed by atoms with E-state index in [0.29, 0.717) is 11.3 Å². The van der Waals surface area contributed by atoms with Gasteiger partial charge in [0.1, 0.15) is 11.4 Å². The number of pyridine rings is 1. The fourth-order valence-corrected chi connectivity index (χ4v) is 1.72. The first-order valence-electron chi connectivity index (χ1n) is 5.75. The maximum Gasteiger partial charge on any atom is 0.261 e. The van der Waals surface area contributed by atoms with Crippen LogP contribution < -0.4 is 10.7 Å². The first-order valence-corrected chi connectivity index (χ1v) is 5.75. The van der Waals surface area contributed by atoms with E-state index in [4.69, 9.17) is 0 Å². The Bertz CT molecular complexity index is 672. The van der Waals surface area contributed by atoms with Crippen LogP contribution in [0.4, 0.5) is 10.1 Å². The van der Waals surface area contributed by atoms with Crippen LogP contribution in [0.15, 0.2) is 35.3 Å². The third kappa shape index (κ3) is 2.70. The van der Waals surface area contributed by atoms with E-state index in [0.717, 1.165) is 0 Å². The topological polar surface area (TPSA) is 62.0 Å². The predicted molar refractivity (Wildman–Crippen MR) is 70.9 cm³/mol. The van der Waals surface area contributed by atoms with Crippen LogP contribution in [0.25, 0.3) is 0 Å². The van der Waals surface area contributed by atoms with Crippen molar-refractivity contribution in [3.63, 3.8) is 0 Å². The summed E-state index contributed by atoms with van der Waals surface area (Å²) in [5.41, 5.74) is 0.893. The van der Waals surface area contributed by atoms with Crippen molar-refractivity contribution in [3.8, 4) is 0 Å². The van der Waals surface area contributed by atoms with Crippen LogP contribution >= 0.6 is 0 Å². The highest BCUT2D eigenvalue weighted by Gasteiger charge is 2.14. The molecule has 0 bridgehead atoms. The summed E-state index contributed by atoms with van der Waals surface area (Å²) in [6.45, 7) is 3.39. The monoisotopic (exact) mass is 260 g/mol. The van der Waals surface area contributed by atoms with Crippen molar-refractivity contribution in [1.29, 1.82) is 0 Å². The number of benzene rings is 1. The van der Waals surface area contributed by atoms with Crippen molar-refractivity contribution in [3.05, 3.63) is 63.3 Å². The number of nitrogens with one attached hydrogen (secondary N) is 2. The number of para-hydroxylation sites is 1. The zero-order valence-corrected chi connectivity index (χ0v) is 10.6. The number of hydrogen-bond donors (Lipinski definition) is 2. The molecule has 19 heavy (non-hydrogen) atoms. The normalized spacial score (nSPS) is 10.3.